The van der Waals surface area contributed by atoms with Gasteiger partial charge in [0.15, 0.2) is 14.2 Å². The van der Waals surface area contributed by atoms with Gasteiger partial charge in [0.25, 0.3) is 0 Å². The molecule has 0 unspecified atom stereocenters. The predicted octanol–water partition coefficient (Wildman–Crippen LogP) is 3.15. The molecule has 1 saturated heterocycles. The van der Waals surface area contributed by atoms with Gasteiger partial charge in [-0.15, -0.1) is 0 Å². The van der Waals surface area contributed by atoms with Gasteiger partial charge in [-0.2, -0.15) is 0 Å². The number of carbonyl (C=O) groups is 2. The zero-order valence-corrected chi connectivity index (χ0v) is 18.2. The molecule has 0 aromatic heterocycles. The average molecular weight is 392 g/mol. The summed E-state index contributed by atoms with van der Waals surface area (Å²) < 4.78 is 16.9. The molecule has 3 rings (SSSR count). The lowest BCUT2D eigenvalue weighted by molar-refractivity contribution is -0.151. The summed E-state index contributed by atoms with van der Waals surface area (Å²) in [5.41, 5.74) is 1.88. The van der Waals surface area contributed by atoms with Crippen LogP contribution in [0.5, 0.6) is 5.75 Å². The molecule has 0 saturated carbocycles. The van der Waals surface area contributed by atoms with E-state index in [1.54, 1.807) is 12.0 Å². The molecule has 0 spiro atoms. The Hall–Kier alpha value is -1.86. The molecule has 3 atom stereocenters. The molecule has 6 nitrogen and oxygen atoms in total. The summed E-state index contributed by atoms with van der Waals surface area (Å²) in [7, 11) is 0.724. The van der Waals surface area contributed by atoms with Crippen LogP contribution >= 0.6 is 0 Å². The summed E-state index contributed by atoms with van der Waals surface area (Å²) in [5.74, 6) is -1.01. The van der Waals surface area contributed by atoms with E-state index in [0.717, 1.165) is 11.3 Å². The Labute approximate surface area is 161 Å². The van der Waals surface area contributed by atoms with E-state index in [-0.39, 0.29) is 17.0 Å². The summed E-state index contributed by atoms with van der Waals surface area (Å²) in [6, 6.07) is 5.54. The second-order valence-corrected chi connectivity index (χ2v) is 13.6. The molecule has 27 heavy (non-hydrogen) atoms. The summed E-state index contributed by atoms with van der Waals surface area (Å²) in [6.07, 6.45) is 0.155. The highest BCUT2D eigenvalue weighted by molar-refractivity contribution is 6.74. The molecule has 2 aliphatic rings. The van der Waals surface area contributed by atoms with Crippen molar-refractivity contribution in [3.8, 4) is 5.75 Å². The number of esters is 1. The first-order chi connectivity index (χ1) is 12.5. The van der Waals surface area contributed by atoms with E-state index in [1.807, 2.05) is 18.2 Å². The normalized spacial score (nSPS) is 24.6. The number of amides is 1. The first-order valence-electron chi connectivity index (χ1n) is 9.27. The molecule has 1 amide bonds. The highest BCUT2D eigenvalue weighted by Gasteiger charge is 2.58. The predicted molar refractivity (Wildman–Crippen MR) is 106 cm³/mol. The van der Waals surface area contributed by atoms with Crippen LogP contribution in [0.15, 0.2) is 18.2 Å². The van der Waals surface area contributed by atoms with E-state index in [2.05, 4.69) is 33.9 Å². The first-order valence-corrected chi connectivity index (χ1v) is 12.2. The second-order valence-electron chi connectivity index (χ2n) is 8.82. The van der Waals surface area contributed by atoms with Crippen LogP contribution in [-0.2, 0) is 25.2 Å². The minimum absolute atomic E-state index is 0.0290. The molecule has 2 heterocycles. The van der Waals surface area contributed by atoms with Crippen molar-refractivity contribution in [2.75, 3.05) is 19.1 Å². The fraction of sp³-hybridized carbons (Fsp3) is 0.600. The van der Waals surface area contributed by atoms with Gasteiger partial charge in [-0.3, -0.25) is 9.59 Å². The lowest BCUT2D eigenvalue weighted by Crippen LogP contribution is -2.49. The van der Waals surface area contributed by atoms with Crippen LogP contribution in [0, 0.1) is 5.92 Å². The van der Waals surface area contributed by atoms with E-state index in [0.29, 0.717) is 12.2 Å². The highest BCUT2D eigenvalue weighted by Crippen LogP contribution is 2.46. The molecule has 7 heteroatoms. The third-order valence-corrected chi connectivity index (χ3v) is 10.7. The van der Waals surface area contributed by atoms with Gasteiger partial charge in [-0.1, -0.05) is 26.8 Å². The molecule has 148 valence electrons. The van der Waals surface area contributed by atoms with E-state index in [1.165, 1.54) is 7.11 Å². The molecule has 1 aromatic rings. The molecule has 0 bridgehead atoms. The van der Waals surface area contributed by atoms with Crippen LogP contribution in [0.1, 0.15) is 26.3 Å². The van der Waals surface area contributed by atoms with Crippen LogP contribution in [0.3, 0.4) is 0 Å². The Kier molecular flexibility index (Phi) is 4.89. The summed E-state index contributed by atoms with van der Waals surface area (Å²) in [6.45, 7) is 10.7. The van der Waals surface area contributed by atoms with Crippen molar-refractivity contribution in [3.05, 3.63) is 23.8 Å². The third-order valence-electron chi connectivity index (χ3n) is 6.22. The van der Waals surface area contributed by atoms with Gasteiger partial charge in [0.05, 0.1) is 32.1 Å². The number of fused-ring (bicyclic) bond motifs is 3. The van der Waals surface area contributed by atoms with Gasteiger partial charge in [0.1, 0.15) is 5.75 Å². The quantitative estimate of drug-likeness (QED) is 0.448. The minimum atomic E-state index is -2.19. The SMILES string of the molecule is COC(=O)[C@H]1C(=O)N2c3cc(OC)ccc3C[C@@H]2[C@@H]1O[Si](C)(C)C(C)(C)C. The molecule has 0 radical (unpaired) electrons. The summed E-state index contributed by atoms with van der Waals surface area (Å²) in [5, 5.41) is -0.0290. The fourth-order valence-electron chi connectivity index (χ4n) is 3.65. The maximum atomic E-state index is 13.2. The lowest BCUT2D eigenvalue weighted by Gasteiger charge is -2.40. The Morgan fingerprint density at radius 3 is 2.44 bits per heavy atom. The molecule has 2 aliphatic heterocycles. The van der Waals surface area contributed by atoms with Crippen LogP contribution in [0.2, 0.25) is 18.1 Å². The van der Waals surface area contributed by atoms with Gasteiger partial charge < -0.3 is 18.8 Å². The number of rotatable bonds is 4. The van der Waals surface area contributed by atoms with E-state index >= 15 is 0 Å². The van der Waals surface area contributed by atoms with Crippen molar-refractivity contribution in [2.24, 2.45) is 5.92 Å². The van der Waals surface area contributed by atoms with Crippen molar-refractivity contribution in [2.45, 2.75) is 57.5 Å². The minimum Gasteiger partial charge on any atom is -0.497 e. The van der Waals surface area contributed by atoms with E-state index in [4.69, 9.17) is 13.9 Å². The standard InChI is InChI=1S/C20H29NO5Si/c1-20(2,3)27(6,7)26-17-15-10-12-8-9-13(24-4)11-14(12)21(15)18(22)16(17)19(23)25-5/h8-9,11,15-17H,10H2,1-7H3/t15-,16-,17+/m1/s1. The van der Waals surface area contributed by atoms with Crippen molar-refractivity contribution >= 4 is 25.9 Å². The Morgan fingerprint density at radius 1 is 1.22 bits per heavy atom. The van der Waals surface area contributed by atoms with Crippen molar-refractivity contribution in [1.82, 2.24) is 0 Å². The fourth-order valence-corrected chi connectivity index (χ4v) is 4.97. The topological polar surface area (TPSA) is 65.1 Å². The van der Waals surface area contributed by atoms with Crippen molar-refractivity contribution < 1.29 is 23.5 Å². The largest absolute Gasteiger partial charge is 0.497 e. The Morgan fingerprint density at radius 2 is 1.89 bits per heavy atom. The smallest absolute Gasteiger partial charge is 0.320 e. The summed E-state index contributed by atoms with van der Waals surface area (Å²) in [4.78, 5) is 27.4. The van der Waals surface area contributed by atoms with Crippen LogP contribution in [0.25, 0.3) is 0 Å². The van der Waals surface area contributed by atoms with Gasteiger partial charge in [0.2, 0.25) is 5.91 Å². The molecular formula is C20H29NO5Si. The van der Waals surface area contributed by atoms with Crippen LogP contribution in [-0.4, -0.2) is 46.6 Å². The average Bonchev–Trinajstić information content (AvgIpc) is 3.08. The third kappa shape index (κ3) is 3.16. The maximum Gasteiger partial charge on any atom is 0.320 e. The van der Waals surface area contributed by atoms with Crippen molar-refractivity contribution in [3.63, 3.8) is 0 Å². The van der Waals surface area contributed by atoms with Gasteiger partial charge in [-0.05, 0) is 36.2 Å². The molecule has 0 N–H and O–H groups in total. The highest BCUT2D eigenvalue weighted by atomic mass is 28.4. The van der Waals surface area contributed by atoms with Gasteiger partial charge in [0, 0.05) is 6.07 Å². The number of methoxy groups -OCH3 is 2. The number of benzene rings is 1. The van der Waals surface area contributed by atoms with Crippen molar-refractivity contribution in [1.29, 1.82) is 0 Å². The lowest BCUT2D eigenvalue weighted by atomic mass is 9.97. The van der Waals surface area contributed by atoms with Crippen LogP contribution in [0.4, 0.5) is 5.69 Å². The first kappa shape index (κ1) is 19.9. The number of hydrogen-bond acceptors (Lipinski definition) is 5. The maximum absolute atomic E-state index is 13.2. The zero-order chi connectivity index (χ0) is 20.1. The Balaban J connectivity index is 2.02. The van der Waals surface area contributed by atoms with Gasteiger partial charge in [-0.25, -0.2) is 0 Å². The number of hydrogen-bond donors (Lipinski definition) is 0. The van der Waals surface area contributed by atoms with E-state index < -0.39 is 26.3 Å². The summed E-state index contributed by atoms with van der Waals surface area (Å²) >= 11 is 0. The zero-order valence-electron chi connectivity index (χ0n) is 17.2. The molecular weight excluding hydrogens is 362 g/mol. The molecule has 0 aliphatic carbocycles. The number of anilines is 1. The van der Waals surface area contributed by atoms with Gasteiger partial charge >= 0.3 is 5.97 Å². The van der Waals surface area contributed by atoms with Crippen LogP contribution < -0.4 is 9.64 Å². The second kappa shape index (κ2) is 6.63. The number of carbonyl (C=O) groups excluding carboxylic acids is 2. The molecule has 1 aromatic carbocycles. The Bertz CT molecular complexity index is 770. The number of ether oxygens (including phenoxy) is 2. The molecule has 1 fully saturated rings. The monoisotopic (exact) mass is 391 g/mol. The van der Waals surface area contributed by atoms with E-state index in [9.17, 15) is 9.59 Å². The number of nitrogens with zero attached hydrogens (tertiary/aromatic N) is 1.